The van der Waals surface area contributed by atoms with Gasteiger partial charge >= 0.3 is 0 Å². The highest BCUT2D eigenvalue weighted by Crippen LogP contribution is 2.22. The van der Waals surface area contributed by atoms with Crippen molar-refractivity contribution in [2.75, 3.05) is 0 Å². The third kappa shape index (κ3) is 2.10. The number of hydrogen-bond acceptors (Lipinski definition) is 0. The minimum Gasteiger partial charge on any atom is -0.0843 e. The molecule has 0 amide bonds. The standard InChI is InChI=1S/C7H5BrClI/c8-7-2-1-6(9)3-5(7)4-10/h1-3H,4H2. The molecule has 1 rings (SSSR count). The highest BCUT2D eigenvalue weighted by molar-refractivity contribution is 14.1. The average Bonchev–Trinajstić information content (AvgIpc) is 1.94. The molecule has 0 heterocycles. The van der Waals surface area contributed by atoms with Gasteiger partial charge in [-0.2, -0.15) is 0 Å². The molecule has 0 fully saturated rings. The molecule has 0 saturated heterocycles. The van der Waals surface area contributed by atoms with Gasteiger partial charge in [0.2, 0.25) is 0 Å². The molecule has 0 bridgehead atoms. The summed E-state index contributed by atoms with van der Waals surface area (Å²) in [5.74, 6) is 0. The molecule has 1 aromatic carbocycles. The Kier molecular flexibility index (Phi) is 3.46. The first-order chi connectivity index (χ1) is 4.74. The Hall–Kier alpha value is 0.720. The Balaban J connectivity index is 3.09. The van der Waals surface area contributed by atoms with E-state index in [4.69, 9.17) is 11.6 Å². The van der Waals surface area contributed by atoms with Gasteiger partial charge in [-0.15, -0.1) is 0 Å². The summed E-state index contributed by atoms with van der Waals surface area (Å²) in [6.45, 7) is 0. The third-order valence-electron chi connectivity index (χ3n) is 1.15. The molecule has 0 aliphatic carbocycles. The van der Waals surface area contributed by atoms with Crippen LogP contribution in [0.15, 0.2) is 22.7 Å². The van der Waals surface area contributed by atoms with Crippen LogP contribution in [-0.4, -0.2) is 0 Å². The van der Waals surface area contributed by atoms with Gasteiger partial charge in [-0.1, -0.05) is 50.1 Å². The second-order valence-corrected chi connectivity index (χ2v) is 3.92. The first-order valence-electron chi connectivity index (χ1n) is 2.74. The van der Waals surface area contributed by atoms with Crippen LogP contribution in [0.4, 0.5) is 0 Å². The minimum atomic E-state index is 0.801. The van der Waals surface area contributed by atoms with E-state index in [-0.39, 0.29) is 0 Å². The van der Waals surface area contributed by atoms with Crippen LogP contribution < -0.4 is 0 Å². The van der Waals surface area contributed by atoms with E-state index >= 15 is 0 Å². The molecule has 0 saturated carbocycles. The summed E-state index contributed by atoms with van der Waals surface area (Å²) in [6.07, 6.45) is 0. The minimum absolute atomic E-state index is 0.801. The fraction of sp³-hybridized carbons (Fsp3) is 0.143. The summed E-state index contributed by atoms with van der Waals surface area (Å²) in [5, 5.41) is 0.801. The van der Waals surface area contributed by atoms with Gasteiger partial charge < -0.3 is 0 Å². The second-order valence-electron chi connectivity index (χ2n) is 1.87. The summed E-state index contributed by atoms with van der Waals surface area (Å²) in [7, 11) is 0. The molecule has 0 aliphatic heterocycles. The van der Waals surface area contributed by atoms with E-state index in [1.807, 2.05) is 18.2 Å². The first-order valence-corrected chi connectivity index (χ1v) is 5.43. The van der Waals surface area contributed by atoms with Crippen LogP contribution in [0.2, 0.25) is 5.02 Å². The molecule has 0 radical (unpaired) electrons. The maximum Gasteiger partial charge on any atom is 0.0409 e. The molecule has 0 spiro atoms. The Labute approximate surface area is 87.2 Å². The van der Waals surface area contributed by atoms with Crippen LogP contribution in [0.5, 0.6) is 0 Å². The van der Waals surface area contributed by atoms with Gasteiger partial charge in [0.05, 0.1) is 0 Å². The molecule has 0 aromatic heterocycles. The topological polar surface area (TPSA) is 0 Å². The van der Waals surface area contributed by atoms with Crippen molar-refractivity contribution in [3.8, 4) is 0 Å². The zero-order valence-electron chi connectivity index (χ0n) is 5.07. The maximum absolute atomic E-state index is 5.77. The number of hydrogen-bond donors (Lipinski definition) is 0. The summed E-state index contributed by atoms with van der Waals surface area (Å²) in [6, 6.07) is 5.82. The molecular weight excluding hydrogens is 326 g/mol. The highest BCUT2D eigenvalue weighted by atomic mass is 127. The predicted octanol–water partition coefficient (Wildman–Crippen LogP) is 4.04. The summed E-state index contributed by atoms with van der Waals surface area (Å²) in [4.78, 5) is 0. The third-order valence-corrected chi connectivity index (χ3v) is 2.98. The molecule has 0 aliphatic rings. The van der Waals surface area contributed by atoms with Crippen LogP contribution in [0, 0.1) is 0 Å². The van der Waals surface area contributed by atoms with E-state index in [0.717, 1.165) is 13.9 Å². The van der Waals surface area contributed by atoms with E-state index in [1.165, 1.54) is 5.56 Å². The molecule has 10 heavy (non-hydrogen) atoms. The van der Waals surface area contributed by atoms with Gasteiger partial charge in [-0.3, -0.25) is 0 Å². The van der Waals surface area contributed by atoms with Crippen molar-refractivity contribution in [2.45, 2.75) is 4.43 Å². The maximum atomic E-state index is 5.77. The molecule has 1 aromatic rings. The smallest absolute Gasteiger partial charge is 0.0409 e. The molecule has 3 heteroatoms. The van der Waals surface area contributed by atoms with E-state index in [9.17, 15) is 0 Å². The van der Waals surface area contributed by atoms with Crippen LogP contribution in [0.3, 0.4) is 0 Å². The Morgan fingerprint density at radius 3 is 2.70 bits per heavy atom. The van der Waals surface area contributed by atoms with E-state index in [0.29, 0.717) is 0 Å². The lowest BCUT2D eigenvalue weighted by atomic mass is 10.2. The molecule has 0 unspecified atom stereocenters. The van der Waals surface area contributed by atoms with Gasteiger partial charge in [0.15, 0.2) is 0 Å². The largest absolute Gasteiger partial charge is 0.0843 e. The van der Waals surface area contributed by atoms with E-state index in [1.54, 1.807) is 0 Å². The van der Waals surface area contributed by atoms with Gasteiger partial charge in [-0.05, 0) is 23.8 Å². The zero-order chi connectivity index (χ0) is 7.56. The zero-order valence-corrected chi connectivity index (χ0v) is 9.57. The SMILES string of the molecule is Clc1ccc(Br)c(CI)c1. The molecule has 54 valence electrons. The normalized spacial score (nSPS) is 9.90. The van der Waals surface area contributed by atoms with Crippen molar-refractivity contribution in [3.05, 3.63) is 33.3 Å². The highest BCUT2D eigenvalue weighted by Gasteiger charge is 1.97. The first kappa shape index (κ1) is 8.81. The van der Waals surface area contributed by atoms with Crippen LogP contribution in [-0.2, 0) is 4.43 Å². The van der Waals surface area contributed by atoms with E-state index in [2.05, 4.69) is 38.5 Å². The van der Waals surface area contributed by atoms with Crippen molar-refractivity contribution < 1.29 is 0 Å². The van der Waals surface area contributed by atoms with Crippen molar-refractivity contribution in [1.82, 2.24) is 0 Å². The van der Waals surface area contributed by atoms with Crippen LogP contribution in [0.25, 0.3) is 0 Å². The van der Waals surface area contributed by atoms with Gasteiger partial charge in [0, 0.05) is 13.9 Å². The average molecular weight is 331 g/mol. The molecular formula is C7H5BrClI. The summed E-state index contributed by atoms with van der Waals surface area (Å²) in [5.41, 5.74) is 1.24. The van der Waals surface area contributed by atoms with Crippen LogP contribution in [0.1, 0.15) is 5.56 Å². The lowest BCUT2D eigenvalue weighted by Gasteiger charge is -1.98. The monoisotopic (exact) mass is 330 g/mol. The fourth-order valence-electron chi connectivity index (χ4n) is 0.646. The van der Waals surface area contributed by atoms with Crippen molar-refractivity contribution in [2.24, 2.45) is 0 Å². The molecule has 0 atom stereocenters. The quantitative estimate of drug-likeness (QED) is 0.538. The van der Waals surface area contributed by atoms with Crippen LogP contribution >= 0.6 is 50.1 Å². The number of rotatable bonds is 1. The summed E-state index contributed by atoms with van der Waals surface area (Å²) < 4.78 is 2.12. The molecule has 0 N–H and O–H groups in total. The Morgan fingerprint density at radius 1 is 1.50 bits per heavy atom. The summed E-state index contributed by atoms with van der Waals surface area (Å²) >= 11 is 11.5. The van der Waals surface area contributed by atoms with Crippen molar-refractivity contribution in [1.29, 1.82) is 0 Å². The Bertz CT molecular complexity index is 237. The number of alkyl halides is 1. The van der Waals surface area contributed by atoms with Gasteiger partial charge in [0.25, 0.3) is 0 Å². The van der Waals surface area contributed by atoms with Crippen molar-refractivity contribution >= 4 is 50.1 Å². The lowest BCUT2D eigenvalue weighted by Crippen LogP contribution is -1.78. The Morgan fingerprint density at radius 2 is 2.20 bits per heavy atom. The van der Waals surface area contributed by atoms with Gasteiger partial charge in [-0.25, -0.2) is 0 Å². The number of benzene rings is 1. The predicted molar refractivity (Wildman–Crippen MR) is 56.9 cm³/mol. The second kappa shape index (κ2) is 3.93. The molecule has 0 nitrogen and oxygen atoms in total. The van der Waals surface area contributed by atoms with E-state index < -0.39 is 0 Å². The fourth-order valence-corrected chi connectivity index (χ4v) is 2.38. The number of halogens is 3. The lowest BCUT2D eigenvalue weighted by molar-refractivity contribution is 1.42. The van der Waals surface area contributed by atoms with Gasteiger partial charge in [0.1, 0.15) is 0 Å². The van der Waals surface area contributed by atoms with Crippen molar-refractivity contribution in [3.63, 3.8) is 0 Å².